The van der Waals surface area contributed by atoms with Crippen molar-refractivity contribution in [2.45, 2.75) is 11.8 Å². The fourth-order valence-corrected chi connectivity index (χ4v) is 2.61. The number of fused-ring (bicyclic) bond motifs is 1. The molecule has 1 fully saturated rings. The maximum Gasteiger partial charge on any atom is 0.0864 e. The summed E-state index contributed by atoms with van der Waals surface area (Å²) in [7, 11) is 0. The molecule has 1 saturated heterocycles. The molecule has 1 nitrogen and oxygen atoms in total. The van der Waals surface area contributed by atoms with E-state index in [1.165, 1.54) is 0 Å². The van der Waals surface area contributed by atoms with E-state index in [9.17, 15) is 0 Å². The average molecular weight is 157 g/mol. The quantitative estimate of drug-likeness (QED) is 0.492. The summed E-state index contributed by atoms with van der Waals surface area (Å²) in [5.41, 5.74) is 0. The first kappa shape index (κ1) is 5.74. The Balaban J connectivity index is 2.16. The molecule has 0 radical (unpaired) electrons. The fourth-order valence-electron chi connectivity index (χ4n) is 1.04. The zero-order valence-corrected chi connectivity index (χ0v) is 6.54. The van der Waals surface area contributed by atoms with E-state index in [0.29, 0.717) is 5.37 Å². The molecule has 0 aliphatic carbocycles. The van der Waals surface area contributed by atoms with Crippen LogP contribution in [0.5, 0.6) is 0 Å². The molecule has 2 heterocycles. The van der Waals surface area contributed by atoms with Gasteiger partial charge in [0.05, 0.1) is 10.4 Å². The van der Waals surface area contributed by atoms with Crippen molar-refractivity contribution in [2.75, 3.05) is 5.75 Å². The largest absolute Gasteiger partial charge is 0.330 e. The maximum atomic E-state index is 5.04. The van der Waals surface area contributed by atoms with Gasteiger partial charge in [0, 0.05) is 18.4 Å². The van der Waals surface area contributed by atoms with Crippen LogP contribution in [-0.2, 0) is 0 Å². The molecular formula is C6H7NS2. The number of hydrogen-bond donors (Lipinski definition) is 0. The van der Waals surface area contributed by atoms with Crippen molar-refractivity contribution in [3.63, 3.8) is 0 Å². The van der Waals surface area contributed by atoms with Crippen LogP contribution in [0.15, 0.2) is 12.3 Å². The van der Waals surface area contributed by atoms with E-state index in [0.717, 1.165) is 17.2 Å². The third-order valence-corrected chi connectivity index (χ3v) is 3.14. The predicted octanol–water partition coefficient (Wildman–Crippen LogP) is 1.61. The topological polar surface area (TPSA) is 3.24 Å². The van der Waals surface area contributed by atoms with Crippen molar-refractivity contribution in [3.8, 4) is 0 Å². The summed E-state index contributed by atoms with van der Waals surface area (Å²) in [4.78, 5) is 3.27. The number of thiocarbonyl (C=S) groups is 1. The standard InChI is InChI=1S/C6H7NS2/c8-5-4-6-7(5)2-1-3-9-6/h1-2,6H,3-4H2/t6-/m1/s1. The Labute approximate surface area is 64.1 Å². The van der Waals surface area contributed by atoms with Gasteiger partial charge >= 0.3 is 0 Å². The molecule has 2 aliphatic heterocycles. The fraction of sp³-hybridized carbons (Fsp3) is 0.500. The first-order chi connectivity index (χ1) is 4.38. The number of rotatable bonds is 0. The minimum absolute atomic E-state index is 0.683. The highest BCUT2D eigenvalue weighted by atomic mass is 32.2. The third-order valence-electron chi connectivity index (χ3n) is 1.60. The molecule has 48 valence electrons. The Morgan fingerprint density at radius 3 is 3.22 bits per heavy atom. The van der Waals surface area contributed by atoms with Crippen LogP contribution < -0.4 is 0 Å². The minimum Gasteiger partial charge on any atom is -0.330 e. The summed E-state index contributed by atoms with van der Waals surface area (Å²) >= 11 is 7.01. The highest BCUT2D eigenvalue weighted by Crippen LogP contribution is 2.33. The number of hydrogen-bond acceptors (Lipinski definition) is 2. The molecule has 0 aromatic carbocycles. The Hall–Kier alpha value is -0.0200. The molecule has 0 aromatic rings. The molecule has 3 heteroatoms. The van der Waals surface area contributed by atoms with Gasteiger partial charge in [-0.05, 0) is 0 Å². The van der Waals surface area contributed by atoms with Crippen molar-refractivity contribution in [1.29, 1.82) is 0 Å². The van der Waals surface area contributed by atoms with Crippen LogP contribution in [0.2, 0.25) is 0 Å². The van der Waals surface area contributed by atoms with E-state index in [4.69, 9.17) is 12.2 Å². The van der Waals surface area contributed by atoms with Crippen LogP contribution in [0.25, 0.3) is 0 Å². The van der Waals surface area contributed by atoms with Crippen LogP contribution >= 0.6 is 24.0 Å². The number of nitrogens with zero attached hydrogens (tertiary/aromatic N) is 1. The first-order valence-electron chi connectivity index (χ1n) is 2.97. The van der Waals surface area contributed by atoms with Gasteiger partial charge in [0.25, 0.3) is 0 Å². The van der Waals surface area contributed by atoms with Crippen LogP contribution in [0, 0.1) is 0 Å². The van der Waals surface area contributed by atoms with E-state index in [1.807, 2.05) is 11.8 Å². The lowest BCUT2D eigenvalue weighted by Crippen LogP contribution is -2.47. The van der Waals surface area contributed by atoms with Crippen molar-refractivity contribution in [2.24, 2.45) is 0 Å². The van der Waals surface area contributed by atoms with Gasteiger partial charge in [0.15, 0.2) is 0 Å². The van der Waals surface area contributed by atoms with Crippen LogP contribution in [0.3, 0.4) is 0 Å². The second kappa shape index (κ2) is 1.99. The summed E-state index contributed by atoms with van der Waals surface area (Å²) in [5, 5.41) is 0.683. The normalized spacial score (nSPS) is 31.8. The molecule has 0 N–H and O–H groups in total. The highest BCUT2D eigenvalue weighted by molar-refractivity contribution is 8.00. The lowest BCUT2D eigenvalue weighted by molar-refractivity contribution is 0.445. The zero-order valence-electron chi connectivity index (χ0n) is 4.91. The Morgan fingerprint density at radius 1 is 1.78 bits per heavy atom. The lowest BCUT2D eigenvalue weighted by atomic mass is 10.2. The second-order valence-corrected chi connectivity index (χ2v) is 3.86. The molecular weight excluding hydrogens is 150 g/mol. The van der Waals surface area contributed by atoms with Gasteiger partial charge in [-0.3, -0.25) is 0 Å². The van der Waals surface area contributed by atoms with E-state index < -0.39 is 0 Å². The zero-order chi connectivity index (χ0) is 6.27. The third kappa shape index (κ3) is 0.792. The van der Waals surface area contributed by atoms with E-state index >= 15 is 0 Å². The molecule has 2 rings (SSSR count). The monoisotopic (exact) mass is 157 g/mol. The molecule has 0 saturated carbocycles. The summed E-state index contributed by atoms with van der Waals surface area (Å²) in [6.07, 6.45) is 5.38. The Kier molecular flexibility index (Phi) is 1.27. The van der Waals surface area contributed by atoms with Crippen LogP contribution in [0.1, 0.15) is 6.42 Å². The van der Waals surface area contributed by atoms with Gasteiger partial charge in [0.2, 0.25) is 0 Å². The molecule has 0 unspecified atom stereocenters. The van der Waals surface area contributed by atoms with E-state index in [1.54, 1.807) is 0 Å². The SMILES string of the molecule is S=C1C[C@H]2SCC=CN12. The van der Waals surface area contributed by atoms with E-state index in [-0.39, 0.29) is 0 Å². The summed E-state index contributed by atoms with van der Waals surface area (Å²) in [6.45, 7) is 0. The summed E-state index contributed by atoms with van der Waals surface area (Å²) in [5.74, 6) is 1.16. The van der Waals surface area contributed by atoms with E-state index in [2.05, 4.69) is 17.2 Å². The predicted molar refractivity (Wildman–Crippen MR) is 44.4 cm³/mol. The van der Waals surface area contributed by atoms with Gasteiger partial charge in [-0.15, -0.1) is 11.8 Å². The van der Waals surface area contributed by atoms with Crippen molar-refractivity contribution in [1.82, 2.24) is 4.90 Å². The first-order valence-corrected chi connectivity index (χ1v) is 4.43. The molecule has 0 aromatic heterocycles. The van der Waals surface area contributed by atoms with Crippen molar-refractivity contribution in [3.05, 3.63) is 12.3 Å². The van der Waals surface area contributed by atoms with Gasteiger partial charge in [0.1, 0.15) is 0 Å². The van der Waals surface area contributed by atoms with Crippen molar-refractivity contribution >= 4 is 29.0 Å². The van der Waals surface area contributed by atoms with Gasteiger partial charge in [-0.1, -0.05) is 18.3 Å². The van der Waals surface area contributed by atoms with Gasteiger partial charge in [-0.2, -0.15) is 0 Å². The summed E-state index contributed by atoms with van der Waals surface area (Å²) < 4.78 is 0. The van der Waals surface area contributed by atoms with Crippen molar-refractivity contribution < 1.29 is 0 Å². The lowest BCUT2D eigenvalue weighted by Gasteiger charge is -2.42. The van der Waals surface area contributed by atoms with Crippen LogP contribution in [0.4, 0.5) is 0 Å². The molecule has 2 aliphatic rings. The smallest absolute Gasteiger partial charge is 0.0864 e. The molecule has 9 heavy (non-hydrogen) atoms. The number of thioether (sulfide) groups is 1. The maximum absolute atomic E-state index is 5.04. The minimum atomic E-state index is 0.683. The Bertz CT molecular complexity index is 176. The Morgan fingerprint density at radius 2 is 2.67 bits per heavy atom. The van der Waals surface area contributed by atoms with Crippen LogP contribution in [-0.4, -0.2) is 21.0 Å². The average Bonchev–Trinajstić information content (AvgIpc) is 1.86. The molecule has 1 atom stereocenters. The summed E-state index contributed by atoms with van der Waals surface area (Å²) in [6, 6.07) is 0. The highest BCUT2D eigenvalue weighted by Gasteiger charge is 2.32. The van der Waals surface area contributed by atoms with Gasteiger partial charge in [-0.25, -0.2) is 0 Å². The van der Waals surface area contributed by atoms with Gasteiger partial charge < -0.3 is 4.90 Å². The molecule has 0 bridgehead atoms. The second-order valence-electron chi connectivity index (χ2n) is 2.18. The molecule has 0 amide bonds. The molecule has 0 spiro atoms.